The largest absolute Gasteiger partial charge is 0.469 e. The molecule has 21 heavy (non-hydrogen) atoms. The fraction of sp³-hybridized carbons (Fsp3) is 0.667. The first kappa shape index (κ1) is 18.3. The molecule has 2 N–H and O–H groups in total. The third kappa shape index (κ3) is 6.25. The van der Waals surface area contributed by atoms with Gasteiger partial charge in [0.2, 0.25) is 0 Å². The third-order valence-corrected chi connectivity index (χ3v) is 3.46. The van der Waals surface area contributed by atoms with Crippen molar-refractivity contribution in [3.05, 3.63) is 24.2 Å². The number of halogens is 1. The monoisotopic (exact) mass is 407 g/mol. The summed E-state index contributed by atoms with van der Waals surface area (Å²) >= 11 is 0. The molecule has 0 aromatic carbocycles. The van der Waals surface area contributed by atoms with Gasteiger partial charge in [0.25, 0.3) is 0 Å². The van der Waals surface area contributed by atoms with E-state index in [1.54, 1.807) is 6.26 Å². The standard InChI is InChI=1S/C15H25N3O2.HI/c1-3-16-14(17-9-7-13-6-4-10-19-13)18-12-15(2)8-5-11-20-15;/h4,6,10H,3,5,7-9,11-12H2,1-2H3,(H2,16,17,18);1H. The van der Waals surface area contributed by atoms with E-state index in [2.05, 4.69) is 29.5 Å². The summed E-state index contributed by atoms with van der Waals surface area (Å²) in [4.78, 5) is 4.62. The van der Waals surface area contributed by atoms with Gasteiger partial charge in [-0.3, -0.25) is 4.99 Å². The zero-order valence-electron chi connectivity index (χ0n) is 12.9. The van der Waals surface area contributed by atoms with Gasteiger partial charge in [0.15, 0.2) is 5.96 Å². The first-order valence-electron chi connectivity index (χ1n) is 7.40. The lowest BCUT2D eigenvalue weighted by molar-refractivity contribution is 0.0283. The molecule has 1 aromatic heterocycles. The molecule has 2 heterocycles. The van der Waals surface area contributed by atoms with Crippen LogP contribution in [0.2, 0.25) is 0 Å². The molecule has 1 atom stereocenters. The fourth-order valence-corrected chi connectivity index (χ4v) is 2.31. The van der Waals surface area contributed by atoms with Crippen LogP contribution in [0.3, 0.4) is 0 Å². The molecule has 1 unspecified atom stereocenters. The molecule has 1 aromatic rings. The van der Waals surface area contributed by atoms with Crippen LogP contribution in [0.1, 0.15) is 32.4 Å². The molecule has 2 rings (SSSR count). The number of aliphatic imine (C=N–C) groups is 1. The zero-order valence-corrected chi connectivity index (χ0v) is 15.2. The van der Waals surface area contributed by atoms with Crippen LogP contribution in [0.15, 0.2) is 27.8 Å². The highest BCUT2D eigenvalue weighted by Gasteiger charge is 2.29. The normalized spacial score (nSPS) is 21.9. The summed E-state index contributed by atoms with van der Waals surface area (Å²) in [5.74, 6) is 1.83. The van der Waals surface area contributed by atoms with Crippen LogP contribution in [0.4, 0.5) is 0 Å². The first-order valence-corrected chi connectivity index (χ1v) is 7.40. The van der Waals surface area contributed by atoms with Gasteiger partial charge >= 0.3 is 0 Å². The van der Waals surface area contributed by atoms with E-state index in [1.807, 2.05) is 12.1 Å². The molecule has 0 radical (unpaired) electrons. The second-order valence-corrected chi connectivity index (χ2v) is 5.35. The number of nitrogens with zero attached hydrogens (tertiary/aromatic N) is 1. The summed E-state index contributed by atoms with van der Waals surface area (Å²) in [7, 11) is 0. The molecule has 1 aliphatic rings. The lowest BCUT2D eigenvalue weighted by Gasteiger charge is -2.21. The van der Waals surface area contributed by atoms with Crippen LogP contribution in [0.25, 0.3) is 0 Å². The molecule has 1 saturated heterocycles. The van der Waals surface area contributed by atoms with Gasteiger partial charge in [-0.2, -0.15) is 0 Å². The van der Waals surface area contributed by atoms with E-state index in [0.717, 1.165) is 50.7 Å². The molecular weight excluding hydrogens is 381 g/mol. The maximum absolute atomic E-state index is 5.75. The Morgan fingerprint density at radius 2 is 2.29 bits per heavy atom. The van der Waals surface area contributed by atoms with Gasteiger partial charge in [0.1, 0.15) is 5.76 Å². The molecule has 0 amide bonds. The smallest absolute Gasteiger partial charge is 0.191 e. The quantitative estimate of drug-likeness (QED) is 0.433. The van der Waals surface area contributed by atoms with E-state index in [9.17, 15) is 0 Å². The van der Waals surface area contributed by atoms with Crippen molar-refractivity contribution in [2.45, 2.75) is 38.7 Å². The number of furan rings is 1. The number of rotatable bonds is 6. The van der Waals surface area contributed by atoms with Crippen molar-refractivity contribution < 1.29 is 9.15 Å². The van der Waals surface area contributed by atoms with Crippen molar-refractivity contribution in [1.82, 2.24) is 10.6 Å². The van der Waals surface area contributed by atoms with Crippen LogP contribution in [-0.2, 0) is 11.2 Å². The summed E-state index contributed by atoms with van der Waals surface area (Å²) in [5, 5.41) is 6.58. The van der Waals surface area contributed by atoms with Crippen molar-refractivity contribution in [1.29, 1.82) is 0 Å². The molecular formula is C15H26IN3O2. The van der Waals surface area contributed by atoms with Crippen LogP contribution in [0, 0.1) is 0 Å². The van der Waals surface area contributed by atoms with Gasteiger partial charge < -0.3 is 19.8 Å². The lowest BCUT2D eigenvalue weighted by Crippen LogP contribution is -2.40. The average Bonchev–Trinajstić information content (AvgIpc) is 3.08. The Labute approximate surface area is 143 Å². The van der Waals surface area contributed by atoms with Crippen LogP contribution < -0.4 is 10.6 Å². The number of nitrogens with one attached hydrogen (secondary N) is 2. The van der Waals surface area contributed by atoms with Crippen LogP contribution >= 0.6 is 24.0 Å². The average molecular weight is 407 g/mol. The Kier molecular flexibility index (Phi) is 8.10. The van der Waals surface area contributed by atoms with E-state index in [1.165, 1.54) is 0 Å². The first-order chi connectivity index (χ1) is 9.72. The molecule has 0 saturated carbocycles. The Balaban J connectivity index is 0.00000220. The summed E-state index contributed by atoms with van der Waals surface area (Å²) in [6, 6.07) is 3.89. The summed E-state index contributed by atoms with van der Waals surface area (Å²) in [6.45, 7) is 7.41. The second kappa shape index (κ2) is 9.30. The van der Waals surface area contributed by atoms with E-state index < -0.39 is 0 Å². The highest BCUT2D eigenvalue weighted by Crippen LogP contribution is 2.24. The molecule has 0 bridgehead atoms. The minimum atomic E-state index is -0.0939. The molecule has 6 heteroatoms. The lowest BCUT2D eigenvalue weighted by atomic mass is 10.0. The highest BCUT2D eigenvalue weighted by atomic mass is 127. The zero-order chi connectivity index (χ0) is 14.3. The minimum absolute atomic E-state index is 0. The fourth-order valence-electron chi connectivity index (χ4n) is 2.31. The van der Waals surface area contributed by atoms with Crippen molar-refractivity contribution in [3.8, 4) is 0 Å². The topological polar surface area (TPSA) is 58.8 Å². The van der Waals surface area contributed by atoms with Crippen molar-refractivity contribution >= 4 is 29.9 Å². The van der Waals surface area contributed by atoms with Crippen LogP contribution in [-0.4, -0.2) is 37.8 Å². The SMILES string of the molecule is CCNC(=NCC1(C)CCCO1)NCCc1ccco1.I. The third-order valence-electron chi connectivity index (χ3n) is 3.46. The van der Waals surface area contributed by atoms with E-state index in [-0.39, 0.29) is 29.6 Å². The van der Waals surface area contributed by atoms with Crippen LogP contribution in [0.5, 0.6) is 0 Å². The molecule has 1 fully saturated rings. The van der Waals surface area contributed by atoms with Crippen molar-refractivity contribution in [3.63, 3.8) is 0 Å². The molecule has 5 nitrogen and oxygen atoms in total. The van der Waals surface area contributed by atoms with E-state index >= 15 is 0 Å². The number of guanidine groups is 1. The Bertz CT molecular complexity index is 415. The molecule has 0 spiro atoms. The minimum Gasteiger partial charge on any atom is -0.469 e. The molecule has 0 aliphatic carbocycles. The van der Waals surface area contributed by atoms with E-state index in [4.69, 9.17) is 9.15 Å². The Hall–Kier alpha value is -0.760. The maximum atomic E-state index is 5.75. The second-order valence-electron chi connectivity index (χ2n) is 5.35. The van der Waals surface area contributed by atoms with Gasteiger partial charge in [-0.25, -0.2) is 0 Å². The van der Waals surface area contributed by atoms with Gasteiger partial charge in [-0.15, -0.1) is 24.0 Å². The van der Waals surface area contributed by atoms with Gasteiger partial charge in [0.05, 0.1) is 18.4 Å². The number of hydrogen-bond donors (Lipinski definition) is 2. The number of hydrogen-bond acceptors (Lipinski definition) is 3. The summed E-state index contributed by atoms with van der Waals surface area (Å²) in [5.41, 5.74) is -0.0939. The summed E-state index contributed by atoms with van der Waals surface area (Å²) < 4.78 is 11.1. The highest BCUT2D eigenvalue weighted by molar-refractivity contribution is 14.0. The Morgan fingerprint density at radius 1 is 1.43 bits per heavy atom. The predicted molar refractivity (Wildman–Crippen MR) is 95.4 cm³/mol. The summed E-state index contributed by atoms with van der Waals surface area (Å²) in [6.07, 6.45) is 4.77. The molecule has 1 aliphatic heterocycles. The number of ether oxygens (including phenoxy) is 1. The predicted octanol–water partition coefficient (Wildman–Crippen LogP) is 2.56. The van der Waals surface area contributed by atoms with E-state index in [0.29, 0.717) is 6.54 Å². The van der Waals surface area contributed by atoms with Gasteiger partial charge in [0, 0.05) is 26.1 Å². The van der Waals surface area contributed by atoms with Crippen molar-refractivity contribution in [2.75, 3.05) is 26.2 Å². The molecule has 120 valence electrons. The Morgan fingerprint density at radius 3 is 2.90 bits per heavy atom. The van der Waals surface area contributed by atoms with Gasteiger partial charge in [-0.1, -0.05) is 0 Å². The van der Waals surface area contributed by atoms with Crippen molar-refractivity contribution in [2.24, 2.45) is 4.99 Å². The van der Waals surface area contributed by atoms with Gasteiger partial charge in [-0.05, 0) is 38.8 Å². The maximum Gasteiger partial charge on any atom is 0.191 e.